The average molecular weight is 314 g/mol. The number of hydrogen-bond donors (Lipinski definition) is 0. The third-order valence-electron chi connectivity index (χ3n) is 3.88. The maximum atomic E-state index is 12.5. The van der Waals surface area contributed by atoms with Gasteiger partial charge in [0.15, 0.2) is 0 Å². The van der Waals surface area contributed by atoms with Crippen LogP contribution >= 0.6 is 0 Å². The molecule has 0 unspecified atom stereocenters. The standard InChI is InChI=1S/C19H26N2O2/c1-3-4-13-21(14-18-11-8-12-20(18)2)19(22)16-23-15-17-9-6-5-7-10-17/h5-12H,3-4,13-16H2,1-2H3. The first-order chi connectivity index (χ1) is 11.2. The second kappa shape index (κ2) is 9.16. The fourth-order valence-corrected chi connectivity index (χ4v) is 2.42. The lowest BCUT2D eigenvalue weighted by Crippen LogP contribution is -2.35. The Kier molecular flexibility index (Phi) is 6.88. The number of aromatic nitrogens is 1. The van der Waals surface area contributed by atoms with E-state index in [1.54, 1.807) is 0 Å². The number of aryl methyl sites for hydroxylation is 1. The van der Waals surface area contributed by atoms with Gasteiger partial charge in [-0.3, -0.25) is 4.79 Å². The lowest BCUT2D eigenvalue weighted by molar-refractivity contribution is -0.137. The van der Waals surface area contributed by atoms with Gasteiger partial charge in [-0.2, -0.15) is 0 Å². The van der Waals surface area contributed by atoms with Gasteiger partial charge in [0.25, 0.3) is 0 Å². The van der Waals surface area contributed by atoms with E-state index in [1.807, 2.05) is 54.5 Å². The molecule has 1 amide bonds. The Morgan fingerprint density at radius 1 is 1.17 bits per heavy atom. The molecule has 0 N–H and O–H groups in total. The molecule has 124 valence electrons. The van der Waals surface area contributed by atoms with E-state index in [4.69, 9.17) is 4.74 Å². The van der Waals surface area contributed by atoms with Gasteiger partial charge in [0, 0.05) is 25.5 Å². The highest BCUT2D eigenvalue weighted by atomic mass is 16.5. The van der Waals surface area contributed by atoms with Crippen molar-refractivity contribution in [3.8, 4) is 0 Å². The van der Waals surface area contributed by atoms with Crippen LogP contribution in [0.4, 0.5) is 0 Å². The number of unbranched alkanes of at least 4 members (excludes halogenated alkanes) is 1. The molecule has 0 saturated heterocycles. The Labute approximate surface area is 138 Å². The fraction of sp³-hybridized carbons (Fsp3) is 0.421. The molecular weight excluding hydrogens is 288 g/mol. The monoisotopic (exact) mass is 314 g/mol. The molecule has 0 radical (unpaired) electrons. The van der Waals surface area contributed by atoms with Crippen LogP contribution < -0.4 is 0 Å². The van der Waals surface area contributed by atoms with Gasteiger partial charge >= 0.3 is 0 Å². The minimum absolute atomic E-state index is 0.0515. The zero-order valence-corrected chi connectivity index (χ0v) is 14.1. The number of benzene rings is 1. The first-order valence-corrected chi connectivity index (χ1v) is 8.20. The largest absolute Gasteiger partial charge is 0.367 e. The van der Waals surface area contributed by atoms with Crippen LogP contribution in [-0.4, -0.2) is 28.5 Å². The summed E-state index contributed by atoms with van der Waals surface area (Å²) in [7, 11) is 2.00. The minimum atomic E-state index is 0.0515. The van der Waals surface area contributed by atoms with Crippen molar-refractivity contribution in [2.24, 2.45) is 7.05 Å². The molecule has 0 spiro atoms. The quantitative estimate of drug-likeness (QED) is 0.711. The Hall–Kier alpha value is -2.07. The van der Waals surface area contributed by atoms with Crippen LogP contribution in [0.2, 0.25) is 0 Å². The van der Waals surface area contributed by atoms with E-state index in [2.05, 4.69) is 17.6 Å². The molecule has 0 aliphatic heterocycles. The summed E-state index contributed by atoms with van der Waals surface area (Å²) >= 11 is 0. The van der Waals surface area contributed by atoms with Crippen LogP contribution in [0.1, 0.15) is 31.0 Å². The van der Waals surface area contributed by atoms with E-state index in [0.29, 0.717) is 13.2 Å². The first-order valence-electron chi connectivity index (χ1n) is 8.20. The van der Waals surface area contributed by atoms with Crippen molar-refractivity contribution in [1.29, 1.82) is 0 Å². The van der Waals surface area contributed by atoms with Crippen molar-refractivity contribution in [3.05, 3.63) is 59.9 Å². The number of rotatable bonds is 9. The Bertz CT molecular complexity index is 592. The molecule has 23 heavy (non-hydrogen) atoms. The highest BCUT2D eigenvalue weighted by Crippen LogP contribution is 2.08. The Morgan fingerprint density at radius 3 is 2.61 bits per heavy atom. The van der Waals surface area contributed by atoms with Crippen LogP contribution in [0.5, 0.6) is 0 Å². The van der Waals surface area contributed by atoms with Crippen molar-refractivity contribution in [1.82, 2.24) is 9.47 Å². The number of carbonyl (C=O) groups is 1. The van der Waals surface area contributed by atoms with E-state index in [0.717, 1.165) is 30.6 Å². The zero-order chi connectivity index (χ0) is 16.5. The average Bonchev–Trinajstić information content (AvgIpc) is 2.97. The van der Waals surface area contributed by atoms with Crippen LogP contribution in [-0.2, 0) is 29.7 Å². The summed E-state index contributed by atoms with van der Waals surface area (Å²) in [5.41, 5.74) is 2.22. The molecule has 2 rings (SSSR count). The Balaban J connectivity index is 1.87. The van der Waals surface area contributed by atoms with E-state index >= 15 is 0 Å². The SMILES string of the molecule is CCCCN(Cc1cccn1C)C(=O)COCc1ccccc1. The van der Waals surface area contributed by atoms with Crippen molar-refractivity contribution in [2.45, 2.75) is 32.9 Å². The second-order valence-electron chi connectivity index (χ2n) is 5.76. The molecule has 1 aromatic heterocycles. The number of nitrogens with zero attached hydrogens (tertiary/aromatic N) is 2. The van der Waals surface area contributed by atoms with Gasteiger partial charge in [0.05, 0.1) is 13.2 Å². The van der Waals surface area contributed by atoms with Crippen LogP contribution in [0.3, 0.4) is 0 Å². The maximum absolute atomic E-state index is 12.5. The summed E-state index contributed by atoms with van der Waals surface area (Å²) in [6, 6.07) is 14.0. The van der Waals surface area contributed by atoms with Crippen molar-refractivity contribution >= 4 is 5.91 Å². The summed E-state index contributed by atoms with van der Waals surface area (Å²) in [5.74, 6) is 0.0515. The maximum Gasteiger partial charge on any atom is 0.248 e. The predicted octanol–water partition coefficient (Wildman–Crippen LogP) is 3.37. The van der Waals surface area contributed by atoms with Crippen LogP contribution in [0, 0.1) is 0 Å². The number of hydrogen-bond acceptors (Lipinski definition) is 2. The summed E-state index contributed by atoms with van der Waals surface area (Å²) < 4.78 is 7.65. The molecule has 4 nitrogen and oxygen atoms in total. The smallest absolute Gasteiger partial charge is 0.248 e. The van der Waals surface area contributed by atoms with E-state index in [-0.39, 0.29) is 12.5 Å². The van der Waals surface area contributed by atoms with Gasteiger partial charge < -0.3 is 14.2 Å². The van der Waals surface area contributed by atoms with Crippen molar-refractivity contribution < 1.29 is 9.53 Å². The van der Waals surface area contributed by atoms with Crippen LogP contribution in [0.15, 0.2) is 48.7 Å². The molecule has 1 aromatic carbocycles. The summed E-state index contributed by atoms with van der Waals surface area (Å²) in [5, 5.41) is 0. The second-order valence-corrected chi connectivity index (χ2v) is 5.76. The van der Waals surface area contributed by atoms with Gasteiger partial charge in [0.2, 0.25) is 5.91 Å². The number of amides is 1. The van der Waals surface area contributed by atoms with E-state index in [9.17, 15) is 4.79 Å². The van der Waals surface area contributed by atoms with E-state index < -0.39 is 0 Å². The van der Waals surface area contributed by atoms with Gasteiger partial charge in [0.1, 0.15) is 6.61 Å². The lowest BCUT2D eigenvalue weighted by Gasteiger charge is -2.23. The third-order valence-corrected chi connectivity index (χ3v) is 3.88. The number of ether oxygens (including phenoxy) is 1. The molecule has 1 heterocycles. The molecule has 0 bridgehead atoms. The van der Waals surface area contributed by atoms with Crippen molar-refractivity contribution in [3.63, 3.8) is 0 Å². The highest BCUT2D eigenvalue weighted by molar-refractivity contribution is 5.77. The van der Waals surface area contributed by atoms with Crippen LogP contribution in [0.25, 0.3) is 0 Å². The predicted molar refractivity (Wildman–Crippen MR) is 91.8 cm³/mol. The molecule has 0 aliphatic carbocycles. The summed E-state index contributed by atoms with van der Waals surface area (Å²) in [6.45, 7) is 4.14. The molecule has 0 aliphatic rings. The Morgan fingerprint density at radius 2 is 1.96 bits per heavy atom. The zero-order valence-electron chi connectivity index (χ0n) is 14.1. The summed E-state index contributed by atoms with van der Waals surface area (Å²) in [6.07, 6.45) is 4.08. The van der Waals surface area contributed by atoms with E-state index in [1.165, 1.54) is 0 Å². The topological polar surface area (TPSA) is 34.5 Å². The first kappa shape index (κ1) is 17.3. The highest BCUT2D eigenvalue weighted by Gasteiger charge is 2.15. The molecule has 0 atom stereocenters. The molecule has 2 aromatic rings. The summed E-state index contributed by atoms with van der Waals surface area (Å²) in [4.78, 5) is 14.4. The normalized spacial score (nSPS) is 10.7. The fourth-order valence-electron chi connectivity index (χ4n) is 2.42. The molecule has 0 fully saturated rings. The van der Waals surface area contributed by atoms with Gasteiger partial charge in [-0.25, -0.2) is 0 Å². The molecule has 4 heteroatoms. The van der Waals surface area contributed by atoms with Gasteiger partial charge in [-0.05, 0) is 24.1 Å². The van der Waals surface area contributed by atoms with Gasteiger partial charge in [-0.15, -0.1) is 0 Å². The lowest BCUT2D eigenvalue weighted by atomic mass is 10.2. The third kappa shape index (κ3) is 5.57. The minimum Gasteiger partial charge on any atom is -0.367 e. The number of carbonyl (C=O) groups excluding carboxylic acids is 1. The van der Waals surface area contributed by atoms with Gasteiger partial charge in [-0.1, -0.05) is 43.7 Å². The molecule has 0 saturated carbocycles. The van der Waals surface area contributed by atoms with Crippen molar-refractivity contribution in [2.75, 3.05) is 13.2 Å². The molecular formula is C19H26N2O2.